The second-order valence-electron chi connectivity index (χ2n) is 6.22. The van der Waals surface area contributed by atoms with E-state index in [4.69, 9.17) is 4.74 Å². The summed E-state index contributed by atoms with van der Waals surface area (Å²) in [4.78, 5) is 25.9. The van der Waals surface area contributed by atoms with E-state index in [1.165, 1.54) is 0 Å². The maximum absolute atomic E-state index is 12.6. The van der Waals surface area contributed by atoms with Crippen LogP contribution in [0.5, 0.6) is 5.75 Å². The molecule has 1 unspecified atom stereocenters. The Morgan fingerprint density at radius 2 is 2.19 bits per heavy atom. The number of piperidine rings is 1. The standard InChI is InChI=1S/C16H17NO4/c1-17-14(18)13(15(19)20)12-9-5-2-3-7-11(9)21-16(17)8-4-6-10(12)16/h2-3,5,7,10,12-13H,4,6,8H2,1H3,(H,19,20)/t10-,12+,13?,16-/m1/s1. The number of ether oxygens (including phenoxy) is 1. The van der Waals surface area contributed by atoms with E-state index in [-0.39, 0.29) is 17.7 Å². The highest BCUT2D eigenvalue weighted by Crippen LogP contribution is 2.59. The van der Waals surface area contributed by atoms with Gasteiger partial charge in [0.05, 0.1) is 0 Å². The number of fused-ring (bicyclic) bond motifs is 2. The molecule has 1 amide bonds. The Balaban J connectivity index is 1.97. The molecule has 1 aromatic carbocycles. The van der Waals surface area contributed by atoms with Crippen LogP contribution in [-0.4, -0.2) is 34.7 Å². The smallest absolute Gasteiger partial charge is 0.316 e. The first-order valence-electron chi connectivity index (χ1n) is 7.35. The van der Waals surface area contributed by atoms with E-state index in [2.05, 4.69) is 0 Å². The first-order chi connectivity index (χ1) is 10.1. The molecular formula is C16H17NO4. The minimum atomic E-state index is -1.03. The highest BCUT2D eigenvalue weighted by atomic mass is 16.5. The van der Waals surface area contributed by atoms with Gasteiger partial charge in [0.2, 0.25) is 5.91 Å². The summed E-state index contributed by atoms with van der Waals surface area (Å²) in [7, 11) is 1.68. The number of carboxylic acid groups (broad SMARTS) is 1. The van der Waals surface area contributed by atoms with Gasteiger partial charge < -0.3 is 14.7 Å². The van der Waals surface area contributed by atoms with E-state index in [9.17, 15) is 14.7 Å². The summed E-state index contributed by atoms with van der Waals surface area (Å²) in [6.45, 7) is 0. The van der Waals surface area contributed by atoms with Crippen LogP contribution < -0.4 is 4.74 Å². The Hall–Kier alpha value is -2.04. The molecule has 4 rings (SSSR count). The van der Waals surface area contributed by atoms with Gasteiger partial charge in [-0.3, -0.25) is 9.59 Å². The molecule has 2 fully saturated rings. The van der Waals surface area contributed by atoms with Crippen molar-refractivity contribution in [3.8, 4) is 5.75 Å². The molecule has 1 aliphatic carbocycles. The number of likely N-dealkylation sites (tertiary alicyclic amines) is 1. The summed E-state index contributed by atoms with van der Waals surface area (Å²) < 4.78 is 6.24. The third-order valence-corrected chi connectivity index (χ3v) is 5.42. The molecule has 2 bridgehead atoms. The van der Waals surface area contributed by atoms with Gasteiger partial charge in [0, 0.05) is 25.3 Å². The van der Waals surface area contributed by atoms with Crippen LogP contribution in [0.15, 0.2) is 24.3 Å². The molecule has 1 N–H and O–H groups in total. The van der Waals surface area contributed by atoms with Gasteiger partial charge in [0.1, 0.15) is 11.7 Å². The zero-order chi connectivity index (χ0) is 14.8. The van der Waals surface area contributed by atoms with Crippen LogP contribution in [0, 0.1) is 11.8 Å². The minimum Gasteiger partial charge on any atom is -0.481 e. The fraction of sp³-hybridized carbons (Fsp3) is 0.500. The number of para-hydroxylation sites is 1. The molecule has 2 aliphatic heterocycles. The average Bonchev–Trinajstić information content (AvgIpc) is 2.89. The van der Waals surface area contributed by atoms with E-state index in [1.807, 2.05) is 24.3 Å². The molecule has 1 aromatic rings. The molecular weight excluding hydrogens is 270 g/mol. The number of hydrogen-bond acceptors (Lipinski definition) is 3. The Bertz CT molecular complexity index is 643. The van der Waals surface area contributed by atoms with Crippen molar-refractivity contribution in [3.63, 3.8) is 0 Å². The Kier molecular flexibility index (Phi) is 2.41. The maximum atomic E-state index is 12.6. The minimum absolute atomic E-state index is 0.0659. The molecule has 3 aliphatic rings. The zero-order valence-electron chi connectivity index (χ0n) is 11.8. The Morgan fingerprint density at radius 1 is 1.43 bits per heavy atom. The van der Waals surface area contributed by atoms with Crippen LogP contribution in [-0.2, 0) is 9.59 Å². The van der Waals surface area contributed by atoms with Gasteiger partial charge in [0.25, 0.3) is 0 Å². The summed E-state index contributed by atoms with van der Waals surface area (Å²) in [5.74, 6) is -1.86. The topological polar surface area (TPSA) is 66.8 Å². The van der Waals surface area contributed by atoms with Crippen LogP contribution in [0.1, 0.15) is 30.7 Å². The number of amides is 1. The Morgan fingerprint density at radius 3 is 2.95 bits per heavy atom. The summed E-state index contributed by atoms with van der Waals surface area (Å²) in [6.07, 6.45) is 2.64. The van der Waals surface area contributed by atoms with Crippen molar-refractivity contribution < 1.29 is 19.4 Å². The average molecular weight is 287 g/mol. The van der Waals surface area contributed by atoms with Gasteiger partial charge in [-0.1, -0.05) is 18.2 Å². The van der Waals surface area contributed by atoms with Crippen molar-refractivity contribution in [3.05, 3.63) is 29.8 Å². The van der Waals surface area contributed by atoms with Gasteiger partial charge in [-0.05, 0) is 24.5 Å². The van der Waals surface area contributed by atoms with Crippen LogP contribution in [0.3, 0.4) is 0 Å². The lowest BCUT2D eigenvalue weighted by Crippen LogP contribution is -2.66. The number of carbonyl (C=O) groups excluding carboxylic acids is 1. The fourth-order valence-electron chi connectivity index (χ4n) is 4.53. The van der Waals surface area contributed by atoms with E-state index >= 15 is 0 Å². The molecule has 5 nitrogen and oxygen atoms in total. The molecule has 4 atom stereocenters. The van der Waals surface area contributed by atoms with Crippen molar-refractivity contribution in [2.45, 2.75) is 30.9 Å². The van der Waals surface area contributed by atoms with Crippen LogP contribution in [0.2, 0.25) is 0 Å². The van der Waals surface area contributed by atoms with E-state index in [0.29, 0.717) is 0 Å². The van der Waals surface area contributed by atoms with Crippen molar-refractivity contribution >= 4 is 11.9 Å². The predicted molar refractivity (Wildman–Crippen MR) is 73.8 cm³/mol. The molecule has 0 spiro atoms. The zero-order valence-corrected chi connectivity index (χ0v) is 11.8. The molecule has 2 heterocycles. The fourth-order valence-corrected chi connectivity index (χ4v) is 4.53. The predicted octanol–water partition coefficient (Wildman–Crippen LogP) is 1.83. The highest BCUT2D eigenvalue weighted by molar-refractivity contribution is 5.99. The van der Waals surface area contributed by atoms with Gasteiger partial charge in [-0.15, -0.1) is 0 Å². The first kappa shape index (κ1) is 12.7. The molecule has 21 heavy (non-hydrogen) atoms. The number of aliphatic carboxylic acids is 1. The van der Waals surface area contributed by atoms with Crippen molar-refractivity contribution in [1.82, 2.24) is 4.90 Å². The second kappa shape index (κ2) is 4.00. The summed E-state index contributed by atoms with van der Waals surface area (Å²) in [6, 6.07) is 7.54. The van der Waals surface area contributed by atoms with E-state index in [0.717, 1.165) is 30.6 Å². The van der Waals surface area contributed by atoms with Crippen LogP contribution >= 0.6 is 0 Å². The molecule has 5 heteroatoms. The number of carbonyl (C=O) groups is 2. The SMILES string of the molecule is CN1C(=O)C(C(=O)O)[C@H]2c3ccccc3O[C@@]13CCC[C@H]23. The summed E-state index contributed by atoms with van der Waals surface area (Å²) in [5.41, 5.74) is 0.219. The molecule has 110 valence electrons. The van der Waals surface area contributed by atoms with Gasteiger partial charge in [0.15, 0.2) is 5.72 Å². The second-order valence-corrected chi connectivity index (χ2v) is 6.22. The van der Waals surface area contributed by atoms with E-state index in [1.54, 1.807) is 11.9 Å². The van der Waals surface area contributed by atoms with Crippen LogP contribution in [0.25, 0.3) is 0 Å². The van der Waals surface area contributed by atoms with Crippen LogP contribution in [0.4, 0.5) is 0 Å². The lowest BCUT2D eigenvalue weighted by molar-refractivity contribution is -0.189. The van der Waals surface area contributed by atoms with Gasteiger partial charge in [-0.25, -0.2) is 0 Å². The van der Waals surface area contributed by atoms with Crippen molar-refractivity contribution in [2.24, 2.45) is 11.8 Å². The summed E-state index contributed by atoms with van der Waals surface area (Å²) in [5, 5.41) is 9.59. The largest absolute Gasteiger partial charge is 0.481 e. The normalized spacial score (nSPS) is 36.7. The van der Waals surface area contributed by atoms with Crippen molar-refractivity contribution in [2.75, 3.05) is 7.05 Å². The number of nitrogens with zero attached hydrogens (tertiary/aromatic N) is 1. The summed E-state index contributed by atoms with van der Waals surface area (Å²) >= 11 is 0. The number of rotatable bonds is 1. The van der Waals surface area contributed by atoms with E-state index < -0.39 is 17.6 Å². The third-order valence-electron chi connectivity index (χ3n) is 5.42. The molecule has 1 saturated heterocycles. The number of benzene rings is 1. The maximum Gasteiger partial charge on any atom is 0.316 e. The Labute approximate surface area is 122 Å². The number of hydrogen-bond donors (Lipinski definition) is 1. The molecule has 1 saturated carbocycles. The van der Waals surface area contributed by atoms with Gasteiger partial charge >= 0.3 is 5.97 Å². The lowest BCUT2D eigenvalue weighted by atomic mass is 9.67. The monoisotopic (exact) mass is 287 g/mol. The van der Waals surface area contributed by atoms with Gasteiger partial charge in [-0.2, -0.15) is 0 Å². The molecule has 0 radical (unpaired) electrons. The first-order valence-corrected chi connectivity index (χ1v) is 7.35. The van der Waals surface area contributed by atoms with Crippen molar-refractivity contribution in [1.29, 1.82) is 0 Å². The highest BCUT2D eigenvalue weighted by Gasteiger charge is 2.64. The quantitative estimate of drug-likeness (QED) is 0.800. The molecule has 0 aromatic heterocycles. The lowest BCUT2D eigenvalue weighted by Gasteiger charge is -2.55. The number of carboxylic acids is 1. The third kappa shape index (κ3) is 1.41.